The molecule has 0 aromatic heterocycles. The van der Waals surface area contributed by atoms with Gasteiger partial charge < -0.3 is 10.1 Å². The van der Waals surface area contributed by atoms with Gasteiger partial charge in [0.05, 0.1) is 6.10 Å². The Morgan fingerprint density at radius 2 is 2.00 bits per heavy atom. The van der Waals surface area contributed by atoms with Gasteiger partial charge in [0, 0.05) is 23.8 Å². The summed E-state index contributed by atoms with van der Waals surface area (Å²) in [5, 5.41) is 3.34. The van der Waals surface area contributed by atoms with Gasteiger partial charge in [-0.1, -0.05) is 12.1 Å². The van der Waals surface area contributed by atoms with Gasteiger partial charge in [-0.2, -0.15) is 0 Å². The molecule has 3 heteroatoms. The third-order valence-corrected chi connectivity index (χ3v) is 2.80. The van der Waals surface area contributed by atoms with E-state index in [0.29, 0.717) is 0 Å². The Labute approximate surface area is 99.2 Å². The summed E-state index contributed by atoms with van der Waals surface area (Å²) in [5.74, 6) is 0. The zero-order valence-corrected chi connectivity index (χ0v) is 10.7. The third kappa shape index (κ3) is 4.39. The van der Waals surface area contributed by atoms with Crippen LogP contribution in [-0.2, 0) is 11.3 Å². The van der Waals surface area contributed by atoms with Crippen molar-refractivity contribution >= 4 is 22.6 Å². The molecule has 0 radical (unpaired) electrons. The summed E-state index contributed by atoms with van der Waals surface area (Å²) in [7, 11) is 1.73. The van der Waals surface area contributed by atoms with E-state index >= 15 is 0 Å². The van der Waals surface area contributed by atoms with Crippen molar-refractivity contribution in [2.75, 3.05) is 13.7 Å². The van der Waals surface area contributed by atoms with Crippen LogP contribution in [0.4, 0.5) is 0 Å². The fraction of sp³-hybridized carbons (Fsp3) is 0.455. The minimum atomic E-state index is 0.277. The van der Waals surface area contributed by atoms with Gasteiger partial charge in [-0.05, 0) is 47.2 Å². The number of methoxy groups -OCH3 is 1. The first-order chi connectivity index (χ1) is 6.72. The first kappa shape index (κ1) is 11.9. The van der Waals surface area contributed by atoms with Crippen LogP contribution in [0.15, 0.2) is 24.3 Å². The molecule has 0 heterocycles. The summed E-state index contributed by atoms with van der Waals surface area (Å²) in [6.45, 7) is 3.86. The van der Waals surface area contributed by atoms with E-state index in [0.717, 1.165) is 13.1 Å². The second kappa shape index (κ2) is 6.37. The minimum absolute atomic E-state index is 0.277. The highest BCUT2D eigenvalue weighted by atomic mass is 127. The Morgan fingerprint density at radius 1 is 1.36 bits per heavy atom. The molecule has 0 aliphatic rings. The number of nitrogens with one attached hydrogen (secondary N) is 1. The molecular formula is C11H16INO. The van der Waals surface area contributed by atoms with E-state index in [2.05, 4.69) is 59.1 Å². The van der Waals surface area contributed by atoms with Crippen molar-refractivity contribution in [2.45, 2.75) is 19.6 Å². The van der Waals surface area contributed by atoms with Crippen LogP contribution in [0.2, 0.25) is 0 Å². The van der Waals surface area contributed by atoms with Crippen molar-refractivity contribution in [3.8, 4) is 0 Å². The molecule has 0 aliphatic carbocycles. The predicted octanol–water partition coefficient (Wildman–Crippen LogP) is 2.42. The first-order valence-electron chi connectivity index (χ1n) is 4.70. The SMILES string of the molecule is COC(C)CNCc1ccc(I)cc1. The molecule has 14 heavy (non-hydrogen) atoms. The molecule has 0 bridgehead atoms. The van der Waals surface area contributed by atoms with Gasteiger partial charge in [0.15, 0.2) is 0 Å². The van der Waals surface area contributed by atoms with Crippen LogP contribution in [-0.4, -0.2) is 19.8 Å². The van der Waals surface area contributed by atoms with Crippen molar-refractivity contribution < 1.29 is 4.74 Å². The molecule has 2 nitrogen and oxygen atoms in total. The molecule has 0 saturated heterocycles. The fourth-order valence-corrected chi connectivity index (χ4v) is 1.46. The minimum Gasteiger partial charge on any atom is -0.380 e. The largest absolute Gasteiger partial charge is 0.380 e. The van der Waals surface area contributed by atoms with Crippen LogP contribution in [0.1, 0.15) is 12.5 Å². The molecule has 1 rings (SSSR count). The smallest absolute Gasteiger partial charge is 0.0667 e. The molecular weight excluding hydrogens is 289 g/mol. The van der Waals surface area contributed by atoms with E-state index in [4.69, 9.17) is 4.74 Å². The molecule has 1 aromatic carbocycles. The van der Waals surface area contributed by atoms with Crippen LogP contribution in [0.25, 0.3) is 0 Å². The van der Waals surface area contributed by atoms with Crippen LogP contribution < -0.4 is 5.32 Å². The average molecular weight is 305 g/mol. The lowest BCUT2D eigenvalue weighted by Crippen LogP contribution is -2.25. The molecule has 0 spiro atoms. The molecule has 78 valence electrons. The Hall–Kier alpha value is -0.130. The maximum atomic E-state index is 5.14. The Bertz CT molecular complexity index is 260. The number of halogens is 1. The van der Waals surface area contributed by atoms with Gasteiger partial charge in [0.2, 0.25) is 0 Å². The van der Waals surface area contributed by atoms with E-state index in [9.17, 15) is 0 Å². The maximum Gasteiger partial charge on any atom is 0.0667 e. The van der Waals surface area contributed by atoms with Gasteiger partial charge in [0.25, 0.3) is 0 Å². The van der Waals surface area contributed by atoms with E-state index in [1.807, 2.05) is 0 Å². The van der Waals surface area contributed by atoms with Crippen LogP contribution in [0.3, 0.4) is 0 Å². The molecule has 0 fully saturated rings. The van der Waals surface area contributed by atoms with Crippen molar-refractivity contribution in [1.82, 2.24) is 5.32 Å². The number of benzene rings is 1. The highest BCUT2D eigenvalue weighted by molar-refractivity contribution is 14.1. The number of hydrogen-bond acceptors (Lipinski definition) is 2. The summed E-state index contributed by atoms with van der Waals surface area (Å²) >= 11 is 2.31. The number of rotatable bonds is 5. The van der Waals surface area contributed by atoms with Crippen LogP contribution in [0, 0.1) is 3.57 Å². The van der Waals surface area contributed by atoms with Gasteiger partial charge in [-0.3, -0.25) is 0 Å². The van der Waals surface area contributed by atoms with Crippen molar-refractivity contribution in [2.24, 2.45) is 0 Å². The normalized spacial score (nSPS) is 12.8. The zero-order valence-electron chi connectivity index (χ0n) is 8.59. The summed E-state index contributed by atoms with van der Waals surface area (Å²) < 4.78 is 6.42. The van der Waals surface area contributed by atoms with E-state index in [1.54, 1.807) is 7.11 Å². The average Bonchev–Trinajstić information content (AvgIpc) is 2.21. The summed E-state index contributed by atoms with van der Waals surface area (Å²) in [6.07, 6.45) is 0.277. The van der Waals surface area contributed by atoms with E-state index in [-0.39, 0.29) is 6.10 Å². The molecule has 1 N–H and O–H groups in total. The van der Waals surface area contributed by atoms with Gasteiger partial charge in [-0.15, -0.1) is 0 Å². The summed E-state index contributed by atoms with van der Waals surface area (Å²) in [6, 6.07) is 8.53. The lowest BCUT2D eigenvalue weighted by atomic mass is 10.2. The standard InChI is InChI=1S/C11H16INO/c1-9(14-2)7-13-8-10-3-5-11(12)6-4-10/h3-6,9,13H,7-8H2,1-2H3. The number of ether oxygens (including phenoxy) is 1. The lowest BCUT2D eigenvalue weighted by Gasteiger charge is -2.10. The lowest BCUT2D eigenvalue weighted by molar-refractivity contribution is 0.117. The first-order valence-corrected chi connectivity index (χ1v) is 5.78. The Kier molecular flexibility index (Phi) is 5.44. The van der Waals surface area contributed by atoms with Crippen molar-refractivity contribution in [1.29, 1.82) is 0 Å². The fourth-order valence-electron chi connectivity index (χ4n) is 1.11. The molecule has 0 aliphatic heterocycles. The van der Waals surface area contributed by atoms with E-state index < -0.39 is 0 Å². The van der Waals surface area contributed by atoms with Gasteiger partial charge >= 0.3 is 0 Å². The monoisotopic (exact) mass is 305 g/mol. The Morgan fingerprint density at radius 3 is 2.57 bits per heavy atom. The van der Waals surface area contributed by atoms with Crippen molar-refractivity contribution in [3.63, 3.8) is 0 Å². The molecule has 1 aromatic rings. The third-order valence-electron chi connectivity index (χ3n) is 2.08. The topological polar surface area (TPSA) is 21.3 Å². The van der Waals surface area contributed by atoms with Gasteiger partial charge in [0.1, 0.15) is 0 Å². The van der Waals surface area contributed by atoms with E-state index in [1.165, 1.54) is 9.13 Å². The Balaban J connectivity index is 2.28. The highest BCUT2D eigenvalue weighted by Crippen LogP contribution is 2.06. The van der Waals surface area contributed by atoms with Crippen LogP contribution in [0.5, 0.6) is 0 Å². The highest BCUT2D eigenvalue weighted by Gasteiger charge is 1.98. The number of hydrogen-bond donors (Lipinski definition) is 1. The summed E-state index contributed by atoms with van der Waals surface area (Å²) in [4.78, 5) is 0. The molecule has 0 saturated carbocycles. The maximum absolute atomic E-state index is 5.14. The molecule has 1 atom stereocenters. The molecule has 1 unspecified atom stereocenters. The van der Waals surface area contributed by atoms with Crippen molar-refractivity contribution in [3.05, 3.63) is 33.4 Å². The molecule has 0 amide bonds. The second-order valence-corrected chi connectivity index (χ2v) is 4.55. The van der Waals surface area contributed by atoms with Gasteiger partial charge in [-0.25, -0.2) is 0 Å². The second-order valence-electron chi connectivity index (χ2n) is 3.30. The zero-order chi connectivity index (χ0) is 10.4. The predicted molar refractivity (Wildman–Crippen MR) is 67.3 cm³/mol. The van der Waals surface area contributed by atoms with Crippen LogP contribution >= 0.6 is 22.6 Å². The summed E-state index contributed by atoms with van der Waals surface area (Å²) in [5.41, 5.74) is 1.31. The quantitative estimate of drug-likeness (QED) is 0.844.